The summed E-state index contributed by atoms with van der Waals surface area (Å²) in [4.78, 5) is 11.4. The summed E-state index contributed by atoms with van der Waals surface area (Å²) in [5.74, 6) is 1.21. The second kappa shape index (κ2) is 7.30. The molecule has 1 aromatic carbocycles. The van der Waals surface area contributed by atoms with Gasteiger partial charge < -0.3 is 19.9 Å². The van der Waals surface area contributed by atoms with Crippen molar-refractivity contribution in [1.82, 2.24) is 14.9 Å². The summed E-state index contributed by atoms with van der Waals surface area (Å²) < 4.78 is 12.5. The number of ether oxygens (including phenoxy) is 1. The van der Waals surface area contributed by atoms with Crippen LogP contribution in [-0.4, -0.2) is 28.0 Å². The minimum absolute atomic E-state index is 0.146. The highest BCUT2D eigenvalue weighted by Gasteiger charge is 2.13. The number of aryl methyl sites for hydroxylation is 1. The molecule has 2 heterocycles. The number of methoxy groups -OCH3 is 1. The lowest BCUT2D eigenvalue weighted by molar-refractivity contribution is -0.114. The van der Waals surface area contributed by atoms with E-state index in [9.17, 15) is 4.79 Å². The monoisotopic (exact) mass is 355 g/mol. The normalized spacial score (nSPS) is 10.6. The van der Waals surface area contributed by atoms with Crippen molar-refractivity contribution in [2.75, 3.05) is 17.7 Å². The topological polar surface area (TPSA) is 94.2 Å². The van der Waals surface area contributed by atoms with Crippen molar-refractivity contribution in [3.8, 4) is 17.0 Å². The average Bonchev–Trinajstić information content (AvgIpc) is 3.21. The molecule has 0 fully saturated rings. The van der Waals surface area contributed by atoms with E-state index >= 15 is 0 Å². The van der Waals surface area contributed by atoms with Gasteiger partial charge in [-0.15, -0.1) is 0 Å². The molecule has 3 rings (SSSR count). The Morgan fingerprint density at radius 2 is 2.12 bits per heavy atom. The molecule has 0 spiro atoms. The zero-order valence-corrected chi connectivity index (χ0v) is 15.2. The van der Waals surface area contributed by atoms with Crippen molar-refractivity contribution >= 4 is 17.3 Å². The van der Waals surface area contributed by atoms with Crippen molar-refractivity contribution < 1.29 is 14.1 Å². The van der Waals surface area contributed by atoms with Crippen LogP contribution < -0.4 is 15.4 Å². The van der Waals surface area contributed by atoms with Gasteiger partial charge >= 0.3 is 0 Å². The number of hydrogen-bond donors (Lipinski definition) is 2. The number of nitrogens with zero attached hydrogens (tertiary/aromatic N) is 3. The zero-order chi connectivity index (χ0) is 18.7. The van der Waals surface area contributed by atoms with Crippen LogP contribution in [0, 0.1) is 6.92 Å². The van der Waals surface area contributed by atoms with E-state index in [4.69, 9.17) is 9.26 Å². The molecule has 2 aromatic heterocycles. The standard InChI is InChI=1S/C18H21N5O3/c1-11-15(10-20-23(11)3)17-8-14(26-22-17)9-19-18-7-13(25-4)5-6-16(18)21-12(2)24/h5-8,10,19H,9H2,1-4H3,(H,21,24). The van der Waals surface area contributed by atoms with Crippen molar-refractivity contribution in [1.29, 1.82) is 0 Å². The number of aromatic nitrogens is 3. The van der Waals surface area contributed by atoms with E-state index in [1.807, 2.05) is 26.1 Å². The van der Waals surface area contributed by atoms with E-state index < -0.39 is 0 Å². The molecular formula is C18H21N5O3. The molecule has 2 N–H and O–H groups in total. The lowest BCUT2D eigenvalue weighted by Gasteiger charge is -2.12. The van der Waals surface area contributed by atoms with Gasteiger partial charge in [-0.05, 0) is 19.1 Å². The van der Waals surface area contributed by atoms with Gasteiger partial charge in [0.05, 0.1) is 31.2 Å². The molecule has 26 heavy (non-hydrogen) atoms. The smallest absolute Gasteiger partial charge is 0.221 e. The van der Waals surface area contributed by atoms with E-state index in [1.54, 1.807) is 30.1 Å². The second-order valence-electron chi connectivity index (χ2n) is 5.89. The molecule has 3 aromatic rings. The Hall–Kier alpha value is -3.29. The minimum Gasteiger partial charge on any atom is -0.497 e. The number of carbonyl (C=O) groups is 1. The fraction of sp³-hybridized carbons (Fsp3) is 0.278. The number of amides is 1. The van der Waals surface area contributed by atoms with Crippen LogP contribution in [0.1, 0.15) is 18.4 Å². The first-order chi connectivity index (χ1) is 12.5. The highest BCUT2D eigenvalue weighted by molar-refractivity contribution is 5.92. The first-order valence-electron chi connectivity index (χ1n) is 8.12. The summed E-state index contributed by atoms with van der Waals surface area (Å²) >= 11 is 0. The predicted molar refractivity (Wildman–Crippen MR) is 98.1 cm³/mol. The van der Waals surface area contributed by atoms with E-state index in [1.165, 1.54) is 6.92 Å². The lowest BCUT2D eigenvalue weighted by atomic mass is 10.2. The fourth-order valence-corrected chi connectivity index (χ4v) is 2.55. The number of carbonyl (C=O) groups excluding carboxylic acids is 1. The summed E-state index contributed by atoms with van der Waals surface area (Å²) in [5.41, 5.74) is 4.08. The van der Waals surface area contributed by atoms with Crippen LogP contribution in [0.2, 0.25) is 0 Å². The SMILES string of the molecule is COc1ccc(NC(C)=O)c(NCc2cc(-c3cnn(C)c3C)no2)c1. The van der Waals surface area contributed by atoms with Crippen molar-refractivity contribution in [2.24, 2.45) is 7.05 Å². The van der Waals surface area contributed by atoms with Crippen LogP contribution >= 0.6 is 0 Å². The number of nitrogens with one attached hydrogen (secondary N) is 2. The third-order valence-electron chi connectivity index (χ3n) is 4.06. The van der Waals surface area contributed by atoms with Crippen LogP contribution in [0.25, 0.3) is 11.3 Å². The first-order valence-corrected chi connectivity index (χ1v) is 8.12. The van der Waals surface area contributed by atoms with E-state index in [0.717, 1.165) is 22.6 Å². The molecule has 8 heteroatoms. The maximum atomic E-state index is 11.4. The molecule has 0 radical (unpaired) electrons. The van der Waals surface area contributed by atoms with Crippen molar-refractivity contribution in [3.05, 3.63) is 41.9 Å². The van der Waals surface area contributed by atoms with E-state index in [2.05, 4.69) is 20.9 Å². The number of benzene rings is 1. The van der Waals surface area contributed by atoms with Gasteiger partial charge in [0.1, 0.15) is 11.4 Å². The zero-order valence-electron chi connectivity index (χ0n) is 15.2. The Balaban J connectivity index is 1.77. The van der Waals surface area contributed by atoms with Crippen LogP contribution in [-0.2, 0) is 18.4 Å². The molecule has 0 aliphatic carbocycles. The molecule has 136 valence electrons. The third-order valence-corrected chi connectivity index (χ3v) is 4.06. The van der Waals surface area contributed by atoms with Gasteiger partial charge in [0, 0.05) is 37.4 Å². The lowest BCUT2D eigenvalue weighted by Crippen LogP contribution is -2.09. The summed E-state index contributed by atoms with van der Waals surface area (Å²) in [7, 11) is 3.48. The Kier molecular flexibility index (Phi) is 4.92. The molecule has 0 saturated heterocycles. The third kappa shape index (κ3) is 3.69. The largest absolute Gasteiger partial charge is 0.497 e. The summed E-state index contributed by atoms with van der Waals surface area (Å²) in [6.45, 7) is 3.85. The number of anilines is 2. The van der Waals surface area contributed by atoms with Gasteiger partial charge in [-0.3, -0.25) is 9.48 Å². The van der Waals surface area contributed by atoms with Crippen LogP contribution in [0.5, 0.6) is 5.75 Å². The fourth-order valence-electron chi connectivity index (χ4n) is 2.55. The second-order valence-corrected chi connectivity index (χ2v) is 5.89. The molecule has 0 aliphatic rings. The van der Waals surface area contributed by atoms with Crippen LogP contribution in [0.15, 0.2) is 35.0 Å². The summed E-state index contributed by atoms with van der Waals surface area (Å²) in [6.07, 6.45) is 1.77. The maximum absolute atomic E-state index is 11.4. The highest BCUT2D eigenvalue weighted by atomic mass is 16.5. The number of hydrogen-bond acceptors (Lipinski definition) is 6. The Morgan fingerprint density at radius 1 is 1.31 bits per heavy atom. The van der Waals surface area contributed by atoms with Crippen LogP contribution in [0.3, 0.4) is 0 Å². The van der Waals surface area contributed by atoms with Crippen molar-refractivity contribution in [3.63, 3.8) is 0 Å². The summed E-state index contributed by atoms with van der Waals surface area (Å²) in [6, 6.07) is 7.25. The molecule has 0 saturated carbocycles. The predicted octanol–water partition coefficient (Wildman–Crippen LogP) is 2.96. The maximum Gasteiger partial charge on any atom is 0.221 e. The van der Waals surface area contributed by atoms with E-state index in [-0.39, 0.29) is 5.91 Å². The van der Waals surface area contributed by atoms with E-state index in [0.29, 0.717) is 23.7 Å². The van der Waals surface area contributed by atoms with Crippen LogP contribution in [0.4, 0.5) is 11.4 Å². The molecule has 0 unspecified atom stereocenters. The molecule has 0 atom stereocenters. The minimum atomic E-state index is -0.146. The highest BCUT2D eigenvalue weighted by Crippen LogP contribution is 2.28. The Morgan fingerprint density at radius 3 is 2.77 bits per heavy atom. The van der Waals surface area contributed by atoms with Gasteiger partial charge in [-0.2, -0.15) is 5.10 Å². The van der Waals surface area contributed by atoms with Gasteiger partial charge in [-0.25, -0.2) is 0 Å². The molecule has 1 amide bonds. The molecular weight excluding hydrogens is 334 g/mol. The average molecular weight is 355 g/mol. The number of rotatable bonds is 6. The van der Waals surface area contributed by atoms with Gasteiger partial charge in [0.2, 0.25) is 5.91 Å². The molecule has 0 bridgehead atoms. The van der Waals surface area contributed by atoms with Gasteiger partial charge in [0.15, 0.2) is 5.76 Å². The molecule has 8 nitrogen and oxygen atoms in total. The van der Waals surface area contributed by atoms with Gasteiger partial charge in [0.25, 0.3) is 0 Å². The Bertz CT molecular complexity index is 929. The first kappa shape index (κ1) is 17.5. The van der Waals surface area contributed by atoms with Crippen molar-refractivity contribution in [2.45, 2.75) is 20.4 Å². The summed E-state index contributed by atoms with van der Waals surface area (Å²) in [5, 5.41) is 14.4. The Labute approximate surface area is 151 Å². The van der Waals surface area contributed by atoms with Gasteiger partial charge in [-0.1, -0.05) is 5.16 Å². The molecule has 0 aliphatic heterocycles. The quantitative estimate of drug-likeness (QED) is 0.706.